The molecule has 0 spiro atoms. The molecule has 0 aliphatic carbocycles. The van der Waals surface area contributed by atoms with E-state index in [4.69, 9.17) is 4.98 Å². The third kappa shape index (κ3) is 5.14. The zero-order chi connectivity index (χ0) is 28.3. The van der Waals surface area contributed by atoms with Crippen LogP contribution in [0.25, 0.3) is 44.0 Å². The summed E-state index contributed by atoms with van der Waals surface area (Å²) in [6.07, 6.45) is 4.63. The third-order valence-electron chi connectivity index (χ3n) is 7.61. The number of aryl methyl sites for hydroxylation is 1. The number of hydrogen-bond acceptors (Lipinski definition) is 4. The number of amides is 2. The maximum Gasteiger partial charge on any atom is 0.253 e. The van der Waals surface area contributed by atoms with Crippen LogP contribution in [-0.4, -0.2) is 33.4 Å². The van der Waals surface area contributed by atoms with E-state index in [1.807, 2.05) is 67.8 Å². The normalized spacial score (nSPS) is 12.0. The summed E-state index contributed by atoms with van der Waals surface area (Å²) in [5, 5.41) is 10.2. The smallest absolute Gasteiger partial charge is 0.253 e. The predicted octanol–water partition coefficient (Wildman–Crippen LogP) is 6.42. The van der Waals surface area contributed by atoms with Crippen LogP contribution in [-0.2, 0) is 11.3 Å². The fraction of sp³-hybridized carbons (Fsp3) is 0.176. The second kappa shape index (κ2) is 11.2. The van der Waals surface area contributed by atoms with Gasteiger partial charge in [-0.25, -0.2) is 4.98 Å². The molecule has 41 heavy (non-hydrogen) atoms. The molecule has 0 aliphatic heterocycles. The Kier molecular flexibility index (Phi) is 7.17. The average molecular weight is 542 g/mol. The SMILES string of the molecule is CNC(=O)CCCn1c(-c2cncc3ccccc23)nc2cccc(C(=O)N[C@@H](C)c3ccc4ccccc4c3)c21. The van der Waals surface area contributed by atoms with Crippen molar-refractivity contribution < 1.29 is 9.59 Å². The van der Waals surface area contributed by atoms with Crippen LogP contribution in [0.2, 0.25) is 0 Å². The number of nitrogens with one attached hydrogen (secondary N) is 2. The van der Waals surface area contributed by atoms with Crippen LogP contribution in [0, 0.1) is 0 Å². The first-order chi connectivity index (χ1) is 20.0. The molecule has 204 valence electrons. The monoisotopic (exact) mass is 541 g/mol. The number of hydrogen-bond donors (Lipinski definition) is 2. The van der Waals surface area contributed by atoms with Gasteiger partial charge < -0.3 is 15.2 Å². The highest BCUT2D eigenvalue weighted by Gasteiger charge is 2.22. The molecule has 7 nitrogen and oxygen atoms in total. The molecule has 0 bridgehead atoms. The number of fused-ring (bicyclic) bond motifs is 3. The van der Waals surface area contributed by atoms with Crippen LogP contribution >= 0.6 is 0 Å². The van der Waals surface area contributed by atoms with Crippen molar-refractivity contribution >= 4 is 44.4 Å². The molecule has 0 fully saturated rings. The molecule has 0 unspecified atom stereocenters. The summed E-state index contributed by atoms with van der Waals surface area (Å²) in [5.41, 5.74) is 3.93. The Hall–Kier alpha value is -5.04. The molecule has 6 rings (SSSR count). The van der Waals surface area contributed by atoms with Crippen molar-refractivity contribution in [2.45, 2.75) is 32.4 Å². The standard InChI is InChI=1S/C34H31N5O2/c1-22(24-17-16-23-9-3-4-10-25(23)19-24)37-34(41)28-13-7-14-30-32(28)39(18-8-15-31(40)35-2)33(38-30)29-21-36-20-26-11-5-6-12-27(26)29/h3-7,9-14,16-17,19-22H,8,15,18H2,1-2H3,(H,35,40)(H,37,41)/t22-/m0/s1. The molecule has 0 saturated carbocycles. The van der Waals surface area contributed by atoms with Gasteiger partial charge in [0.25, 0.3) is 5.91 Å². The molecule has 7 heteroatoms. The summed E-state index contributed by atoms with van der Waals surface area (Å²) in [6, 6.07) is 28.0. The molecule has 0 aliphatic rings. The number of benzene rings is 4. The molecule has 0 radical (unpaired) electrons. The van der Waals surface area contributed by atoms with Gasteiger partial charge in [-0.3, -0.25) is 14.6 Å². The quantitative estimate of drug-likeness (QED) is 0.233. The van der Waals surface area contributed by atoms with Crippen LogP contribution in [0.15, 0.2) is 97.3 Å². The third-order valence-corrected chi connectivity index (χ3v) is 7.61. The summed E-state index contributed by atoms with van der Waals surface area (Å²) < 4.78 is 2.07. The van der Waals surface area contributed by atoms with Gasteiger partial charge in [0.05, 0.1) is 22.6 Å². The van der Waals surface area contributed by atoms with Crippen molar-refractivity contribution in [2.75, 3.05) is 7.05 Å². The lowest BCUT2D eigenvalue weighted by Crippen LogP contribution is -2.27. The Morgan fingerprint density at radius 2 is 1.66 bits per heavy atom. The van der Waals surface area contributed by atoms with E-state index >= 15 is 0 Å². The summed E-state index contributed by atoms with van der Waals surface area (Å²) in [7, 11) is 1.64. The van der Waals surface area contributed by atoms with E-state index in [1.165, 1.54) is 0 Å². The minimum atomic E-state index is -0.200. The summed E-state index contributed by atoms with van der Waals surface area (Å²) in [6.45, 7) is 2.52. The molecule has 2 amide bonds. The number of pyridine rings is 1. The number of para-hydroxylation sites is 1. The van der Waals surface area contributed by atoms with Crippen LogP contribution in [0.4, 0.5) is 0 Å². The molecule has 4 aromatic carbocycles. The Morgan fingerprint density at radius 3 is 2.49 bits per heavy atom. The number of carbonyl (C=O) groups is 2. The number of carbonyl (C=O) groups excluding carboxylic acids is 2. The highest BCUT2D eigenvalue weighted by Crippen LogP contribution is 2.32. The van der Waals surface area contributed by atoms with E-state index in [2.05, 4.69) is 56.6 Å². The molecular formula is C34H31N5O2. The molecule has 0 saturated heterocycles. The highest BCUT2D eigenvalue weighted by molar-refractivity contribution is 6.06. The van der Waals surface area contributed by atoms with E-state index < -0.39 is 0 Å². The van der Waals surface area contributed by atoms with E-state index in [9.17, 15) is 9.59 Å². The highest BCUT2D eigenvalue weighted by atomic mass is 16.2. The van der Waals surface area contributed by atoms with Crippen molar-refractivity contribution in [2.24, 2.45) is 0 Å². The van der Waals surface area contributed by atoms with E-state index in [0.717, 1.165) is 49.5 Å². The predicted molar refractivity (Wildman–Crippen MR) is 164 cm³/mol. The minimum Gasteiger partial charge on any atom is -0.359 e. The average Bonchev–Trinajstić information content (AvgIpc) is 3.38. The van der Waals surface area contributed by atoms with Crippen LogP contribution < -0.4 is 10.6 Å². The van der Waals surface area contributed by atoms with Gasteiger partial charge in [-0.2, -0.15) is 0 Å². The van der Waals surface area contributed by atoms with E-state index in [-0.39, 0.29) is 17.9 Å². The Morgan fingerprint density at radius 1 is 0.878 bits per heavy atom. The minimum absolute atomic E-state index is 0.0232. The van der Waals surface area contributed by atoms with Gasteiger partial charge >= 0.3 is 0 Å². The molecule has 2 heterocycles. The van der Waals surface area contributed by atoms with Gasteiger partial charge in [0.1, 0.15) is 5.82 Å². The Labute approximate surface area is 238 Å². The maximum absolute atomic E-state index is 13.8. The zero-order valence-corrected chi connectivity index (χ0v) is 23.1. The Bertz CT molecular complexity index is 1900. The van der Waals surface area contributed by atoms with Gasteiger partial charge in [0.15, 0.2) is 0 Å². The molecular weight excluding hydrogens is 510 g/mol. The topological polar surface area (TPSA) is 88.9 Å². The number of aromatic nitrogens is 3. The summed E-state index contributed by atoms with van der Waals surface area (Å²) in [5.74, 6) is 0.528. The molecule has 6 aromatic rings. The second-order valence-electron chi connectivity index (χ2n) is 10.2. The van der Waals surface area contributed by atoms with Gasteiger partial charge in [0, 0.05) is 43.4 Å². The molecule has 1 atom stereocenters. The maximum atomic E-state index is 13.8. The van der Waals surface area contributed by atoms with Gasteiger partial charge in [-0.1, -0.05) is 66.7 Å². The summed E-state index contributed by atoms with van der Waals surface area (Å²) >= 11 is 0. The summed E-state index contributed by atoms with van der Waals surface area (Å²) in [4.78, 5) is 35.3. The number of imidazole rings is 1. The van der Waals surface area contributed by atoms with Gasteiger partial charge in [-0.15, -0.1) is 0 Å². The number of rotatable bonds is 8. The van der Waals surface area contributed by atoms with Crippen LogP contribution in [0.1, 0.15) is 41.7 Å². The lowest BCUT2D eigenvalue weighted by molar-refractivity contribution is -0.120. The van der Waals surface area contributed by atoms with Crippen molar-refractivity contribution in [3.05, 3.63) is 108 Å². The number of nitrogens with zero attached hydrogens (tertiary/aromatic N) is 3. The first-order valence-electron chi connectivity index (χ1n) is 13.9. The molecule has 2 aromatic heterocycles. The van der Waals surface area contributed by atoms with Crippen molar-refractivity contribution in [1.29, 1.82) is 0 Å². The van der Waals surface area contributed by atoms with E-state index in [1.54, 1.807) is 7.05 Å². The van der Waals surface area contributed by atoms with Crippen molar-refractivity contribution in [3.63, 3.8) is 0 Å². The molecule has 2 N–H and O–H groups in total. The van der Waals surface area contributed by atoms with Gasteiger partial charge in [-0.05, 0) is 53.3 Å². The first kappa shape index (κ1) is 26.2. The lowest BCUT2D eigenvalue weighted by atomic mass is 10.0. The van der Waals surface area contributed by atoms with Crippen molar-refractivity contribution in [3.8, 4) is 11.4 Å². The Balaban J connectivity index is 1.41. The lowest BCUT2D eigenvalue weighted by Gasteiger charge is -2.17. The van der Waals surface area contributed by atoms with E-state index in [0.29, 0.717) is 24.9 Å². The fourth-order valence-electron chi connectivity index (χ4n) is 5.44. The first-order valence-corrected chi connectivity index (χ1v) is 13.9. The van der Waals surface area contributed by atoms with Gasteiger partial charge in [0.2, 0.25) is 5.91 Å². The van der Waals surface area contributed by atoms with Crippen LogP contribution in [0.5, 0.6) is 0 Å². The largest absolute Gasteiger partial charge is 0.359 e. The zero-order valence-electron chi connectivity index (χ0n) is 23.1. The van der Waals surface area contributed by atoms with Crippen LogP contribution in [0.3, 0.4) is 0 Å². The second-order valence-corrected chi connectivity index (χ2v) is 10.2. The fourth-order valence-corrected chi connectivity index (χ4v) is 5.44. The van der Waals surface area contributed by atoms with Crippen molar-refractivity contribution in [1.82, 2.24) is 25.2 Å².